The minimum Gasteiger partial charge on any atom is -0.492 e. The first-order chi connectivity index (χ1) is 9.45. The molecule has 2 nitrogen and oxygen atoms in total. The van der Waals surface area contributed by atoms with Gasteiger partial charge in [0.15, 0.2) is 0 Å². The lowest BCUT2D eigenvalue weighted by Crippen LogP contribution is -2.20. The summed E-state index contributed by atoms with van der Waals surface area (Å²) in [7, 11) is 0. The van der Waals surface area contributed by atoms with Crippen molar-refractivity contribution >= 4 is 6.08 Å². The minimum atomic E-state index is 0.684. The van der Waals surface area contributed by atoms with Gasteiger partial charge in [-0.1, -0.05) is 60.7 Å². The van der Waals surface area contributed by atoms with Crippen LogP contribution in [-0.2, 0) is 0 Å². The van der Waals surface area contributed by atoms with Crippen molar-refractivity contribution in [2.24, 2.45) is 0 Å². The van der Waals surface area contributed by atoms with Gasteiger partial charge in [0.2, 0.25) is 0 Å². The topological polar surface area (TPSA) is 21.3 Å². The normalized spacial score (nSPS) is 10.7. The second-order valence-electron chi connectivity index (χ2n) is 4.18. The second kappa shape index (κ2) is 8.11. The van der Waals surface area contributed by atoms with Gasteiger partial charge in [-0.25, -0.2) is 0 Å². The Hall–Kier alpha value is -2.06. The first kappa shape index (κ1) is 13.4. The molecule has 1 N–H and O–H groups in total. The summed E-state index contributed by atoms with van der Waals surface area (Å²) in [5, 5.41) is 3.31. The summed E-state index contributed by atoms with van der Waals surface area (Å²) in [5.74, 6) is 0.920. The lowest BCUT2D eigenvalue weighted by atomic mass is 10.2. The van der Waals surface area contributed by atoms with Crippen LogP contribution in [0.3, 0.4) is 0 Å². The molecule has 0 spiro atoms. The maximum absolute atomic E-state index is 5.58. The number of rotatable bonds is 7. The summed E-state index contributed by atoms with van der Waals surface area (Å²) >= 11 is 0. The molecule has 0 atom stereocenters. The molecule has 2 aromatic rings. The van der Waals surface area contributed by atoms with Crippen LogP contribution in [0.2, 0.25) is 0 Å². The number of benzene rings is 2. The third-order valence-corrected chi connectivity index (χ3v) is 2.66. The molecule has 0 aliphatic rings. The number of hydrogen-bond acceptors (Lipinski definition) is 2. The highest BCUT2D eigenvalue weighted by Crippen LogP contribution is 2.07. The van der Waals surface area contributed by atoms with E-state index in [1.54, 1.807) is 0 Å². The van der Waals surface area contributed by atoms with Crippen molar-refractivity contribution in [1.82, 2.24) is 5.32 Å². The van der Waals surface area contributed by atoms with Crippen molar-refractivity contribution in [3.05, 3.63) is 72.3 Å². The molecular formula is C17H19NO. The molecule has 0 aliphatic heterocycles. The van der Waals surface area contributed by atoms with E-state index >= 15 is 0 Å². The first-order valence-electron chi connectivity index (χ1n) is 6.55. The first-order valence-corrected chi connectivity index (χ1v) is 6.55. The highest BCUT2D eigenvalue weighted by atomic mass is 16.5. The van der Waals surface area contributed by atoms with E-state index in [9.17, 15) is 0 Å². The van der Waals surface area contributed by atoms with Crippen LogP contribution in [0.1, 0.15) is 5.56 Å². The van der Waals surface area contributed by atoms with Crippen LogP contribution >= 0.6 is 0 Å². The van der Waals surface area contributed by atoms with Gasteiger partial charge in [-0.05, 0) is 17.7 Å². The number of nitrogens with one attached hydrogen (secondary N) is 1. The quantitative estimate of drug-likeness (QED) is 0.764. The fraction of sp³-hybridized carbons (Fsp3) is 0.176. The van der Waals surface area contributed by atoms with E-state index in [1.165, 1.54) is 5.56 Å². The van der Waals surface area contributed by atoms with Crippen LogP contribution in [-0.4, -0.2) is 19.7 Å². The Morgan fingerprint density at radius 3 is 2.32 bits per heavy atom. The van der Waals surface area contributed by atoms with Crippen molar-refractivity contribution in [2.45, 2.75) is 0 Å². The number of hydrogen-bond donors (Lipinski definition) is 1. The molecular weight excluding hydrogens is 234 g/mol. The Morgan fingerprint density at radius 1 is 0.895 bits per heavy atom. The average Bonchev–Trinajstić information content (AvgIpc) is 2.48. The maximum atomic E-state index is 5.58. The van der Waals surface area contributed by atoms with Crippen LogP contribution in [0.25, 0.3) is 6.08 Å². The van der Waals surface area contributed by atoms with E-state index in [1.807, 2.05) is 48.5 Å². The van der Waals surface area contributed by atoms with E-state index in [2.05, 4.69) is 29.6 Å². The van der Waals surface area contributed by atoms with E-state index in [-0.39, 0.29) is 0 Å². The van der Waals surface area contributed by atoms with Gasteiger partial charge in [-0.2, -0.15) is 0 Å². The molecule has 98 valence electrons. The molecule has 19 heavy (non-hydrogen) atoms. The molecule has 0 aliphatic carbocycles. The Kier molecular flexibility index (Phi) is 5.71. The summed E-state index contributed by atoms with van der Waals surface area (Å²) in [6, 6.07) is 20.2. The lowest BCUT2D eigenvalue weighted by molar-refractivity contribution is 0.316. The molecule has 2 aromatic carbocycles. The van der Waals surface area contributed by atoms with E-state index in [0.29, 0.717) is 6.61 Å². The largest absolute Gasteiger partial charge is 0.492 e. The second-order valence-corrected chi connectivity index (χ2v) is 4.18. The molecule has 2 rings (SSSR count). The molecule has 2 heteroatoms. The van der Waals surface area contributed by atoms with Gasteiger partial charge >= 0.3 is 0 Å². The van der Waals surface area contributed by atoms with Crippen LogP contribution in [0.4, 0.5) is 0 Å². The van der Waals surface area contributed by atoms with E-state index in [0.717, 1.165) is 18.8 Å². The molecule has 0 saturated carbocycles. The smallest absolute Gasteiger partial charge is 0.119 e. The Morgan fingerprint density at radius 2 is 1.58 bits per heavy atom. The van der Waals surface area contributed by atoms with Crippen molar-refractivity contribution in [3.63, 3.8) is 0 Å². The molecule has 0 fully saturated rings. The lowest BCUT2D eigenvalue weighted by Gasteiger charge is -2.05. The van der Waals surface area contributed by atoms with Crippen LogP contribution in [0.15, 0.2) is 66.7 Å². The molecule has 0 radical (unpaired) electrons. The van der Waals surface area contributed by atoms with Crippen molar-refractivity contribution < 1.29 is 4.74 Å². The van der Waals surface area contributed by atoms with Gasteiger partial charge in [-0.3, -0.25) is 0 Å². The van der Waals surface area contributed by atoms with E-state index < -0.39 is 0 Å². The Labute approximate surface area is 114 Å². The molecule has 0 unspecified atom stereocenters. The predicted octanol–water partition coefficient (Wildman–Crippen LogP) is 3.37. The zero-order valence-corrected chi connectivity index (χ0v) is 11.0. The average molecular weight is 253 g/mol. The summed E-state index contributed by atoms with van der Waals surface area (Å²) in [6.07, 6.45) is 4.24. The monoisotopic (exact) mass is 253 g/mol. The zero-order chi connectivity index (χ0) is 13.2. The highest BCUT2D eigenvalue weighted by Gasteiger charge is 1.90. The summed E-state index contributed by atoms with van der Waals surface area (Å²) < 4.78 is 5.58. The molecule has 0 amide bonds. The van der Waals surface area contributed by atoms with Crippen LogP contribution < -0.4 is 10.1 Å². The minimum absolute atomic E-state index is 0.684. The van der Waals surface area contributed by atoms with Gasteiger partial charge in [-0.15, -0.1) is 0 Å². The molecule has 0 bridgehead atoms. The van der Waals surface area contributed by atoms with E-state index in [4.69, 9.17) is 4.74 Å². The van der Waals surface area contributed by atoms with Gasteiger partial charge in [0.05, 0.1) is 0 Å². The fourth-order valence-corrected chi connectivity index (χ4v) is 1.70. The predicted molar refractivity (Wildman–Crippen MR) is 80.3 cm³/mol. The molecule has 0 aromatic heterocycles. The van der Waals surface area contributed by atoms with Crippen molar-refractivity contribution in [3.8, 4) is 5.75 Å². The van der Waals surface area contributed by atoms with Gasteiger partial charge in [0.25, 0.3) is 0 Å². The Balaban J connectivity index is 1.56. The SMILES string of the molecule is C(=Cc1ccccc1)CNCCOc1ccccc1. The van der Waals surface area contributed by atoms with Gasteiger partial charge in [0, 0.05) is 13.1 Å². The third kappa shape index (κ3) is 5.40. The van der Waals surface area contributed by atoms with Crippen molar-refractivity contribution in [2.75, 3.05) is 19.7 Å². The number of para-hydroxylation sites is 1. The van der Waals surface area contributed by atoms with Gasteiger partial charge in [0.1, 0.15) is 12.4 Å². The maximum Gasteiger partial charge on any atom is 0.119 e. The number of ether oxygens (including phenoxy) is 1. The summed E-state index contributed by atoms with van der Waals surface area (Å²) in [5.41, 5.74) is 1.23. The van der Waals surface area contributed by atoms with Crippen molar-refractivity contribution in [1.29, 1.82) is 0 Å². The fourth-order valence-electron chi connectivity index (χ4n) is 1.70. The van der Waals surface area contributed by atoms with Crippen LogP contribution in [0.5, 0.6) is 5.75 Å². The summed E-state index contributed by atoms with van der Waals surface area (Å²) in [6.45, 7) is 2.38. The Bertz CT molecular complexity index is 479. The van der Waals surface area contributed by atoms with Crippen LogP contribution in [0, 0.1) is 0 Å². The molecule has 0 heterocycles. The third-order valence-electron chi connectivity index (χ3n) is 2.66. The van der Waals surface area contributed by atoms with Gasteiger partial charge < -0.3 is 10.1 Å². The molecule has 0 saturated heterocycles. The highest BCUT2D eigenvalue weighted by molar-refractivity contribution is 5.48. The summed E-state index contributed by atoms with van der Waals surface area (Å²) in [4.78, 5) is 0. The zero-order valence-electron chi connectivity index (χ0n) is 11.0. The standard InChI is InChI=1S/C17H19NO/c1-3-8-16(9-4-1)10-7-13-18-14-15-19-17-11-5-2-6-12-17/h1-12,18H,13-15H2.